The smallest absolute Gasteiger partial charge is 0.240 e. The SMILES string of the molecule is CCC(C)c1ccc(S(=O)(=O)NCc2cn[nH]c2N)cc1. The molecular formula is C14H20N4O2S. The van der Waals surface area contributed by atoms with Crippen molar-refractivity contribution in [3.05, 3.63) is 41.6 Å². The fraction of sp³-hybridized carbons (Fsp3) is 0.357. The van der Waals surface area contributed by atoms with Gasteiger partial charge in [-0.2, -0.15) is 5.10 Å². The van der Waals surface area contributed by atoms with Crippen LogP contribution in [0.3, 0.4) is 0 Å². The second-order valence-electron chi connectivity index (χ2n) is 5.01. The number of nitrogens with one attached hydrogen (secondary N) is 2. The third-order valence-corrected chi connectivity index (χ3v) is 4.99. The molecule has 0 aliphatic carbocycles. The first-order chi connectivity index (χ1) is 9.94. The molecule has 21 heavy (non-hydrogen) atoms. The molecule has 1 unspecified atom stereocenters. The zero-order chi connectivity index (χ0) is 15.5. The van der Waals surface area contributed by atoms with E-state index in [0.717, 1.165) is 12.0 Å². The molecule has 1 atom stereocenters. The Morgan fingerprint density at radius 1 is 1.33 bits per heavy atom. The van der Waals surface area contributed by atoms with Gasteiger partial charge in [0.15, 0.2) is 0 Å². The van der Waals surface area contributed by atoms with Gasteiger partial charge in [0.1, 0.15) is 5.82 Å². The molecule has 0 bridgehead atoms. The van der Waals surface area contributed by atoms with Crippen LogP contribution in [0.4, 0.5) is 5.82 Å². The number of aromatic amines is 1. The van der Waals surface area contributed by atoms with Gasteiger partial charge in [-0.05, 0) is 30.0 Å². The Balaban J connectivity index is 2.10. The molecule has 0 aliphatic rings. The summed E-state index contributed by atoms with van der Waals surface area (Å²) < 4.78 is 26.9. The maximum absolute atomic E-state index is 12.2. The largest absolute Gasteiger partial charge is 0.384 e. The summed E-state index contributed by atoms with van der Waals surface area (Å²) in [7, 11) is -3.55. The molecule has 6 nitrogen and oxygen atoms in total. The minimum Gasteiger partial charge on any atom is -0.384 e. The Labute approximate surface area is 124 Å². The van der Waals surface area contributed by atoms with Crippen molar-refractivity contribution in [2.75, 3.05) is 5.73 Å². The average Bonchev–Trinajstić information content (AvgIpc) is 2.90. The number of H-pyrrole nitrogens is 1. The normalized spacial score (nSPS) is 13.2. The lowest BCUT2D eigenvalue weighted by Crippen LogP contribution is -2.23. The molecule has 1 aromatic heterocycles. The molecule has 0 saturated heterocycles. The lowest BCUT2D eigenvalue weighted by atomic mass is 9.99. The minimum absolute atomic E-state index is 0.109. The van der Waals surface area contributed by atoms with E-state index in [0.29, 0.717) is 17.3 Å². The van der Waals surface area contributed by atoms with Crippen molar-refractivity contribution in [1.82, 2.24) is 14.9 Å². The molecular weight excluding hydrogens is 288 g/mol. The van der Waals surface area contributed by atoms with Gasteiger partial charge in [-0.25, -0.2) is 13.1 Å². The van der Waals surface area contributed by atoms with Gasteiger partial charge in [-0.1, -0.05) is 26.0 Å². The van der Waals surface area contributed by atoms with Gasteiger partial charge >= 0.3 is 0 Å². The zero-order valence-corrected chi connectivity index (χ0v) is 12.9. The van der Waals surface area contributed by atoms with E-state index < -0.39 is 10.0 Å². The van der Waals surface area contributed by atoms with Gasteiger partial charge in [-0.15, -0.1) is 0 Å². The van der Waals surface area contributed by atoms with E-state index in [4.69, 9.17) is 5.73 Å². The number of nitrogens with two attached hydrogens (primary N) is 1. The maximum Gasteiger partial charge on any atom is 0.240 e. The number of benzene rings is 1. The third kappa shape index (κ3) is 3.62. The average molecular weight is 308 g/mol. The van der Waals surface area contributed by atoms with Crippen molar-refractivity contribution in [3.8, 4) is 0 Å². The molecule has 4 N–H and O–H groups in total. The van der Waals surface area contributed by atoms with Crippen LogP contribution in [0.2, 0.25) is 0 Å². The Hall–Kier alpha value is -1.86. The zero-order valence-electron chi connectivity index (χ0n) is 12.1. The van der Waals surface area contributed by atoms with E-state index in [2.05, 4.69) is 28.8 Å². The molecule has 1 aromatic carbocycles. The number of sulfonamides is 1. The summed E-state index contributed by atoms with van der Waals surface area (Å²) in [5, 5.41) is 6.31. The van der Waals surface area contributed by atoms with E-state index in [9.17, 15) is 8.42 Å². The minimum atomic E-state index is -3.55. The summed E-state index contributed by atoms with van der Waals surface area (Å²) in [6, 6.07) is 6.97. The predicted octanol–water partition coefficient (Wildman–Crippen LogP) is 1.98. The van der Waals surface area contributed by atoms with E-state index in [1.54, 1.807) is 12.1 Å². The Kier molecular flexibility index (Phi) is 4.64. The van der Waals surface area contributed by atoms with Crippen LogP contribution in [0.1, 0.15) is 37.3 Å². The van der Waals surface area contributed by atoms with Crippen LogP contribution in [0, 0.1) is 0 Å². The molecule has 0 radical (unpaired) electrons. The summed E-state index contributed by atoms with van der Waals surface area (Å²) in [6.45, 7) is 4.33. The fourth-order valence-corrected chi connectivity index (χ4v) is 2.94. The van der Waals surface area contributed by atoms with Gasteiger partial charge in [0.05, 0.1) is 11.1 Å². The summed E-state index contributed by atoms with van der Waals surface area (Å²) in [5.74, 6) is 0.783. The van der Waals surface area contributed by atoms with Gasteiger partial charge in [0, 0.05) is 12.1 Å². The highest BCUT2D eigenvalue weighted by atomic mass is 32.2. The quantitative estimate of drug-likeness (QED) is 0.759. The van der Waals surface area contributed by atoms with E-state index >= 15 is 0 Å². The molecule has 0 fully saturated rings. The van der Waals surface area contributed by atoms with Crippen LogP contribution in [0.5, 0.6) is 0 Å². The first kappa shape index (κ1) is 15.5. The lowest BCUT2D eigenvalue weighted by Gasteiger charge is -2.10. The molecule has 114 valence electrons. The predicted molar refractivity (Wildman–Crippen MR) is 82.2 cm³/mol. The van der Waals surface area contributed by atoms with Gasteiger partial charge in [-0.3, -0.25) is 5.10 Å². The number of nitrogens with zero attached hydrogens (tertiary/aromatic N) is 1. The summed E-state index contributed by atoms with van der Waals surface area (Å²) in [6.07, 6.45) is 2.52. The molecule has 0 aliphatic heterocycles. The van der Waals surface area contributed by atoms with Crippen molar-refractivity contribution in [2.24, 2.45) is 0 Å². The van der Waals surface area contributed by atoms with Crippen LogP contribution in [0.25, 0.3) is 0 Å². The van der Waals surface area contributed by atoms with Gasteiger partial charge in [0.2, 0.25) is 10.0 Å². The first-order valence-corrected chi connectivity index (χ1v) is 8.29. The number of aromatic nitrogens is 2. The first-order valence-electron chi connectivity index (χ1n) is 6.81. The van der Waals surface area contributed by atoms with Crippen LogP contribution < -0.4 is 10.5 Å². The highest BCUT2D eigenvalue weighted by molar-refractivity contribution is 7.89. The number of nitrogen functional groups attached to an aromatic ring is 1. The standard InChI is InChI=1S/C14H20N4O2S/c1-3-10(2)11-4-6-13(7-5-11)21(19,20)17-9-12-8-16-18-14(12)15/h4-8,10,17H,3,9H2,1-2H3,(H3,15,16,18). The molecule has 0 saturated carbocycles. The Bertz CT molecular complexity index is 692. The van der Waals surface area contributed by atoms with Crippen LogP contribution in [0.15, 0.2) is 35.4 Å². The molecule has 2 rings (SSSR count). The Morgan fingerprint density at radius 2 is 2.00 bits per heavy atom. The van der Waals surface area contributed by atoms with Gasteiger partial charge in [0.25, 0.3) is 0 Å². The summed E-state index contributed by atoms with van der Waals surface area (Å²) in [4.78, 5) is 0.247. The van der Waals surface area contributed by atoms with Crippen LogP contribution in [-0.4, -0.2) is 18.6 Å². The monoisotopic (exact) mass is 308 g/mol. The fourth-order valence-electron chi connectivity index (χ4n) is 1.93. The number of rotatable bonds is 6. The number of anilines is 1. The van der Waals surface area contributed by atoms with Crippen molar-refractivity contribution in [2.45, 2.75) is 37.6 Å². The van der Waals surface area contributed by atoms with Gasteiger partial charge < -0.3 is 5.73 Å². The molecule has 0 spiro atoms. The molecule has 1 heterocycles. The molecule has 7 heteroatoms. The van der Waals surface area contributed by atoms with Crippen LogP contribution in [-0.2, 0) is 16.6 Å². The summed E-state index contributed by atoms with van der Waals surface area (Å²) in [5.41, 5.74) is 7.38. The second-order valence-corrected chi connectivity index (χ2v) is 6.78. The van der Waals surface area contributed by atoms with Crippen LogP contribution >= 0.6 is 0 Å². The summed E-state index contributed by atoms with van der Waals surface area (Å²) >= 11 is 0. The lowest BCUT2D eigenvalue weighted by molar-refractivity contribution is 0.581. The molecule has 2 aromatic rings. The van der Waals surface area contributed by atoms with Crippen molar-refractivity contribution in [3.63, 3.8) is 0 Å². The maximum atomic E-state index is 12.2. The van der Waals surface area contributed by atoms with E-state index in [1.165, 1.54) is 6.20 Å². The second kappa shape index (κ2) is 6.28. The van der Waals surface area contributed by atoms with Crippen molar-refractivity contribution in [1.29, 1.82) is 0 Å². The van der Waals surface area contributed by atoms with Crippen molar-refractivity contribution >= 4 is 15.8 Å². The Morgan fingerprint density at radius 3 is 2.52 bits per heavy atom. The van der Waals surface area contributed by atoms with E-state index in [-0.39, 0.29) is 11.4 Å². The van der Waals surface area contributed by atoms with Crippen molar-refractivity contribution < 1.29 is 8.42 Å². The number of hydrogen-bond acceptors (Lipinski definition) is 4. The number of hydrogen-bond donors (Lipinski definition) is 3. The highest BCUT2D eigenvalue weighted by Gasteiger charge is 2.15. The highest BCUT2D eigenvalue weighted by Crippen LogP contribution is 2.20. The molecule has 0 amide bonds. The third-order valence-electron chi connectivity index (χ3n) is 3.58. The topological polar surface area (TPSA) is 101 Å². The van der Waals surface area contributed by atoms with E-state index in [1.807, 2.05) is 12.1 Å².